The standard InChI is InChI=1S/C21H37N5O/c1-18-7-4-5-14-26(18)15-6-12-24-21(22-2)25-17-19-8-10-20(11-9-19)23-13-16-27-3/h8-11,18,23H,4-7,12-17H2,1-3H3,(H2,22,24,25). The number of anilines is 1. The molecule has 0 amide bonds. The van der Waals surface area contributed by atoms with Crippen LogP contribution in [0.25, 0.3) is 0 Å². The Morgan fingerprint density at radius 1 is 1.19 bits per heavy atom. The van der Waals surface area contributed by atoms with Gasteiger partial charge in [0.15, 0.2) is 5.96 Å². The third-order valence-electron chi connectivity index (χ3n) is 5.13. The molecule has 0 bridgehead atoms. The lowest BCUT2D eigenvalue weighted by Crippen LogP contribution is -2.41. The highest BCUT2D eigenvalue weighted by molar-refractivity contribution is 5.79. The molecule has 1 aromatic rings. The minimum absolute atomic E-state index is 0.710. The van der Waals surface area contributed by atoms with Crippen molar-refractivity contribution in [2.45, 2.75) is 45.2 Å². The summed E-state index contributed by atoms with van der Waals surface area (Å²) in [5.74, 6) is 0.865. The van der Waals surface area contributed by atoms with Gasteiger partial charge in [-0.1, -0.05) is 18.6 Å². The van der Waals surface area contributed by atoms with Crippen LogP contribution in [0.2, 0.25) is 0 Å². The number of benzene rings is 1. The maximum absolute atomic E-state index is 5.05. The smallest absolute Gasteiger partial charge is 0.191 e. The van der Waals surface area contributed by atoms with Crippen LogP contribution in [0.3, 0.4) is 0 Å². The van der Waals surface area contributed by atoms with Crippen molar-refractivity contribution >= 4 is 11.6 Å². The Bertz CT molecular complexity index is 546. The first-order valence-electron chi connectivity index (χ1n) is 10.2. The highest BCUT2D eigenvalue weighted by atomic mass is 16.5. The van der Waals surface area contributed by atoms with Gasteiger partial charge < -0.3 is 25.6 Å². The van der Waals surface area contributed by atoms with Crippen molar-refractivity contribution in [2.75, 3.05) is 52.3 Å². The lowest BCUT2D eigenvalue weighted by atomic mass is 10.0. The Morgan fingerprint density at radius 3 is 2.70 bits per heavy atom. The minimum atomic E-state index is 0.710. The maximum Gasteiger partial charge on any atom is 0.191 e. The van der Waals surface area contributed by atoms with Gasteiger partial charge in [-0.2, -0.15) is 0 Å². The molecule has 6 heteroatoms. The van der Waals surface area contributed by atoms with E-state index >= 15 is 0 Å². The highest BCUT2D eigenvalue weighted by Gasteiger charge is 2.17. The molecule has 1 heterocycles. The van der Waals surface area contributed by atoms with E-state index in [0.717, 1.165) is 43.7 Å². The van der Waals surface area contributed by atoms with Crippen molar-refractivity contribution in [3.05, 3.63) is 29.8 Å². The third-order valence-corrected chi connectivity index (χ3v) is 5.13. The number of hydrogen-bond acceptors (Lipinski definition) is 4. The van der Waals surface area contributed by atoms with Gasteiger partial charge in [0.25, 0.3) is 0 Å². The van der Waals surface area contributed by atoms with Crippen molar-refractivity contribution in [2.24, 2.45) is 4.99 Å². The fourth-order valence-electron chi connectivity index (χ4n) is 3.42. The summed E-state index contributed by atoms with van der Waals surface area (Å²) in [4.78, 5) is 6.94. The van der Waals surface area contributed by atoms with Crippen LogP contribution in [0.4, 0.5) is 5.69 Å². The Kier molecular flexibility index (Phi) is 10.0. The molecule has 1 aliphatic heterocycles. The Hall–Kier alpha value is -1.79. The largest absolute Gasteiger partial charge is 0.383 e. The number of hydrogen-bond donors (Lipinski definition) is 3. The molecule has 0 aliphatic carbocycles. The number of nitrogens with one attached hydrogen (secondary N) is 3. The molecule has 1 aliphatic rings. The second-order valence-electron chi connectivity index (χ2n) is 7.20. The number of aliphatic imine (C=N–C) groups is 1. The molecule has 1 aromatic carbocycles. The van der Waals surface area contributed by atoms with Crippen molar-refractivity contribution in [1.29, 1.82) is 0 Å². The van der Waals surface area contributed by atoms with Crippen LogP contribution in [0.1, 0.15) is 38.2 Å². The SMILES string of the molecule is CN=C(NCCCN1CCCCC1C)NCc1ccc(NCCOC)cc1. The van der Waals surface area contributed by atoms with E-state index in [-0.39, 0.29) is 0 Å². The molecule has 27 heavy (non-hydrogen) atoms. The highest BCUT2D eigenvalue weighted by Crippen LogP contribution is 2.16. The summed E-state index contributed by atoms with van der Waals surface area (Å²) >= 11 is 0. The summed E-state index contributed by atoms with van der Waals surface area (Å²) in [6.07, 6.45) is 5.22. The Morgan fingerprint density at radius 2 is 2.00 bits per heavy atom. The van der Waals surface area contributed by atoms with Gasteiger partial charge in [-0.05, 0) is 50.4 Å². The number of ether oxygens (including phenoxy) is 1. The molecule has 1 atom stereocenters. The van der Waals surface area contributed by atoms with Crippen molar-refractivity contribution in [3.63, 3.8) is 0 Å². The predicted molar refractivity (Wildman–Crippen MR) is 115 cm³/mol. The van der Waals surface area contributed by atoms with E-state index in [1.807, 2.05) is 7.05 Å². The van der Waals surface area contributed by atoms with Crippen LogP contribution in [-0.2, 0) is 11.3 Å². The first-order valence-corrected chi connectivity index (χ1v) is 10.2. The lowest BCUT2D eigenvalue weighted by Gasteiger charge is -2.33. The van der Waals surface area contributed by atoms with Crippen LogP contribution in [-0.4, -0.2) is 63.8 Å². The van der Waals surface area contributed by atoms with Crippen LogP contribution in [0, 0.1) is 0 Å². The summed E-state index contributed by atoms with van der Waals surface area (Å²) in [6, 6.07) is 9.20. The van der Waals surface area contributed by atoms with Crippen LogP contribution < -0.4 is 16.0 Å². The number of nitrogens with zero attached hydrogens (tertiary/aromatic N) is 2. The van der Waals surface area contributed by atoms with E-state index in [9.17, 15) is 0 Å². The van der Waals surface area contributed by atoms with Crippen LogP contribution >= 0.6 is 0 Å². The normalized spacial score (nSPS) is 18.3. The molecule has 0 aromatic heterocycles. The molecule has 6 nitrogen and oxygen atoms in total. The van der Waals surface area contributed by atoms with Crippen LogP contribution in [0.5, 0.6) is 0 Å². The molecule has 2 rings (SSSR count). The second-order valence-corrected chi connectivity index (χ2v) is 7.20. The predicted octanol–water partition coefficient (Wildman–Crippen LogP) is 2.67. The maximum atomic E-state index is 5.05. The first kappa shape index (κ1) is 21.5. The number of likely N-dealkylation sites (tertiary alicyclic amines) is 1. The second kappa shape index (κ2) is 12.6. The van der Waals surface area contributed by atoms with E-state index in [1.165, 1.54) is 37.9 Å². The number of rotatable bonds is 10. The fourth-order valence-corrected chi connectivity index (χ4v) is 3.42. The summed E-state index contributed by atoms with van der Waals surface area (Å²) in [7, 11) is 3.54. The third kappa shape index (κ3) is 8.18. The van der Waals surface area contributed by atoms with Gasteiger partial charge in [-0.15, -0.1) is 0 Å². The lowest BCUT2D eigenvalue weighted by molar-refractivity contribution is 0.159. The quantitative estimate of drug-likeness (QED) is 0.333. The number of piperidine rings is 1. The zero-order valence-electron chi connectivity index (χ0n) is 17.3. The molecule has 0 radical (unpaired) electrons. The Labute approximate surface area is 164 Å². The van der Waals surface area contributed by atoms with E-state index in [4.69, 9.17) is 4.74 Å². The van der Waals surface area contributed by atoms with Crippen molar-refractivity contribution in [3.8, 4) is 0 Å². The topological polar surface area (TPSA) is 60.9 Å². The molecule has 0 saturated carbocycles. The van der Waals surface area contributed by atoms with Gasteiger partial charge in [0, 0.05) is 52.1 Å². The monoisotopic (exact) mass is 375 g/mol. The zero-order chi connectivity index (χ0) is 19.3. The molecule has 1 fully saturated rings. The number of methoxy groups -OCH3 is 1. The summed E-state index contributed by atoms with van der Waals surface area (Å²) < 4.78 is 5.05. The zero-order valence-corrected chi connectivity index (χ0v) is 17.3. The molecule has 1 unspecified atom stereocenters. The van der Waals surface area contributed by atoms with Crippen LogP contribution in [0.15, 0.2) is 29.3 Å². The summed E-state index contributed by atoms with van der Waals surface area (Å²) in [6.45, 7) is 8.02. The summed E-state index contributed by atoms with van der Waals surface area (Å²) in [5, 5.41) is 10.1. The van der Waals surface area contributed by atoms with Gasteiger partial charge >= 0.3 is 0 Å². The first-order chi connectivity index (χ1) is 13.2. The average molecular weight is 376 g/mol. The van der Waals surface area contributed by atoms with E-state index in [0.29, 0.717) is 6.61 Å². The molecular weight excluding hydrogens is 338 g/mol. The Balaban J connectivity index is 1.63. The molecule has 3 N–H and O–H groups in total. The minimum Gasteiger partial charge on any atom is -0.383 e. The number of guanidine groups is 1. The van der Waals surface area contributed by atoms with Gasteiger partial charge in [-0.25, -0.2) is 0 Å². The van der Waals surface area contributed by atoms with Gasteiger partial charge in [0.05, 0.1) is 6.61 Å². The van der Waals surface area contributed by atoms with Gasteiger partial charge in [0.1, 0.15) is 0 Å². The van der Waals surface area contributed by atoms with Gasteiger partial charge in [-0.3, -0.25) is 4.99 Å². The molecule has 1 saturated heterocycles. The molecular formula is C21H37N5O. The molecule has 152 valence electrons. The fraction of sp³-hybridized carbons (Fsp3) is 0.667. The average Bonchev–Trinajstić information content (AvgIpc) is 2.70. The van der Waals surface area contributed by atoms with E-state index in [2.05, 4.69) is 57.0 Å². The summed E-state index contributed by atoms with van der Waals surface area (Å²) in [5.41, 5.74) is 2.35. The van der Waals surface area contributed by atoms with Crippen molar-refractivity contribution in [1.82, 2.24) is 15.5 Å². The van der Waals surface area contributed by atoms with Crippen molar-refractivity contribution < 1.29 is 4.74 Å². The van der Waals surface area contributed by atoms with Gasteiger partial charge in [0.2, 0.25) is 0 Å². The molecule has 0 spiro atoms. The van der Waals surface area contributed by atoms with E-state index < -0.39 is 0 Å². The van der Waals surface area contributed by atoms with E-state index in [1.54, 1.807) is 7.11 Å².